The zero-order chi connectivity index (χ0) is 24.0. The van der Waals surface area contributed by atoms with Crippen LogP contribution in [0, 0.1) is 0 Å². The first-order chi connectivity index (χ1) is 12.9. The number of likely N-dealkylation sites (N-methyl/N-ethyl adjacent to an activating group) is 2. The number of aliphatic hydroxyl groups excluding tert-OH is 4. The molecule has 0 radical (unpaired) electrons. The molecule has 3 unspecified atom stereocenters. The van der Waals surface area contributed by atoms with Gasteiger partial charge in [0.2, 0.25) is 0 Å². The van der Waals surface area contributed by atoms with E-state index in [0.29, 0.717) is 6.61 Å². The van der Waals surface area contributed by atoms with E-state index in [1.165, 1.54) is 6.92 Å². The number of carbonyl (C=O) groups excluding carboxylic acids is 3. The van der Waals surface area contributed by atoms with E-state index in [1.807, 2.05) is 21.1 Å². The molecule has 0 aliphatic rings. The van der Waals surface area contributed by atoms with Crippen molar-refractivity contribution in [2.75, 3.05) is 68.6 Å². The predicted molar refractivity (Wildman–Crippen MR) is 97.6 cm³/mol. The Balaban J connectivity index is -0.000000362. The molecule has 0 bridgehead atoms. The summed E-state index contributed by atoms with van der Waals surface area (Å²) in [6.07, 6.45) is -5.90. The van der Waals surface area contributed by atoms with E-state index in [4.69, 9.17) is 25.2 Å². The van der Waals surface area contributed by atoms with Crippen LogP contribution in [0.5, 0.6) is 0 Å². The van der Waals surface area contributed by atoms with E-state index in [1.54, 1.807) is 0 Å². The van der Waals surface area contributed by atoms with Gasteiger partial charge in [0.15, 0.2) is 0 Å². The van der Waals surface area contributed by atoms with E-state index in [9.17, 15) is 24.6 Å². The molecule has 3 atom stereocenters. The number of nitrogens with zero attached hydrogens (tertiary/aromatic N) is 2. The molecule has 4 N–H and O–H groups in total. The van der Waals surface area contributed by atoms with E-state index in [0.717, 1.165) is 22.1 Å². The van der Waals surface area contributed by atoms with E-state index >= 15 is 0 Å². The van der Waals surface area contributed by atoms with Gasteiger partial charge < -0.3 is 53.9 Å². The summed E-state index contributed by atoms with van der Waals surface area (Å²) in [7, 11) is 12.2. The maximum absolute atomic E-state index is 10.7. The summed E-state index contributed by atoms with van der Waals surface area (Å²) in [5, 5.41) is 52.9. The maximum atomic E-state index is 10.7. The highest BCUT2D eigenvalue weighted by molar-refractivity contribution is 5.80. The first-order valence-electron chi connectivity index (χ1n) is 8.70. The largest absolute Gasteiger partial charge is 0.547 e. The number of rotatable bonds is 9. The molecule has 0 aromatic heterocycles. The second-order valence-electron chi connectivity index (χ2n) is 8.12. The molecule has 0 amide bonds. The Bertz CT molecular complexity index is 466. The number of aliphatic carboxylic acids is 2. The maximum Gasteiger partial charge on any atom is 0.334 e. The summed E-state index contributed by atoms with van der Waals surface area (Å²) in [6.45, 7) is 3.61. The summed E-state index contributed by atoms with van der Waals surface area (Å²) in [6, 6.07) is 0. The molecule has 12 heteroatoms. The standard InChI is InChI=1S/C8H18NO3.C5H14NO.C4H6O6/c1-7(10)8(11)12-6-5-9(2,3)4;1-6(2,3)4-5-7;5-1(3(7)8)2(6)4(9)10/h7,10H,5-6H2,1-4H3;7H,4-5H2,1-3H3;1-2,5-6H,(H,7,8)(H,9,10)/q2*+1;/p-2. The Morgan fingerprint density at radius 1 is 0.828 bits per heavy atom. The highest BCUT2D eigenvalue weighted by atomic mass is 16.5. The number of quaternary nitrogens is 2. The van der Waals surface area contributed by atoms with Crippen LogP contribution in [0.15, 0.2) is 0 Å². The normalized spacial score (nSPS) is 14.2. The van der Waals surface area contributed by atoms with Gasteiger partial charge in [-0.3, -0.25) is 0 Å². The molecule has 0 aliphatic heterocycles. The molecular formula is C17H36N2O10. The fraction of sp³-hybridized carbons (Fsp3) is 0.824. The number of carbonyl (C=O) groups is 3. The molecule has 29 heavy (non-hydrogen) atoms. The van der Waals surface area contributed by atoms with Gasteiger partial charge in [0.05, 0.1) is 60.8 Å². The van der Waals surface area contributed by atoms with E-state index < -0.39 is 36.2 Å². The van der Waals surface area contributed by atoms with Gasteiger partial charge in [0, 0.05) is 0 Å². The van der Waals surface area contributed by atoms with Crippen molar-refractivity contribution in [1.82, 2.24) is 0 Å². The van der Waals surface area contributed by atoms with E-state index in [2.05, 4.69) is 21.1 Å². The summed E-state index contributed by atoms with van der Waals surface area (Å²) in [5.41, 5.74) is 0. The van der Waals surface area contributed by atoms with Gasteiger partial charge in [-0.05, 0) is 6.92 Å². The Labute approximate surface area is 171 Å². The molecule has 12 nitrogen and oxygen atoms in total. The number of carboxylic acid groups (broad SMARTS) is 2. The van der Waals surface area contributed by atoms with Crippen LogP contribution in [0.3, 0.4) is 0 Å². The summed E-state index contributed by atoms with van der Waals surface area (Å²) in [5.74, 6) is -4.67. The Hall–Kier alpha value is -1.83. The molecule has 0 fully saturated rings. The van der Waals surface area contributed by atoms with Crippen molar-refractivity contribution in [3.05, 3.63) is 0 Å². The first-order valence-corrected chi connectivity index (χ1v) is 8.70. The van der Waals surface area contributed by atoms with Crippen LogP contribution in [0.2, 0.25) is 0 Å². The monoisotopic (exact) mass is 428 g/mol. The molecule has 0 saturated heterocycles. The lowest BCUT2D eigenvalue weighted by Gasteiger charge is -2.23. The Morgan fingerprint density at radius 2 is 1.17 bits per heavy atom. The predicted octanol–water partition coefficient (Wildman–Crippen LogP) is -5.49. The lowest BCUT2D eigenvalue weighted by atomic mass is 10.2. The van der Waals surface area contributed by atoms with Crippen molar-refractivity contribution in [3.8, 4) is 0 Å². The van der Waals surface area contributed by atoms with E-state index in [-0.39, 0.29) is 6.61 Å². The van der Waals surface area contributed by atoms with Crippen molar-refractivity contribution in [3.63, 3.8) is 0 Å². The molecule has 0 aromatic rings. The van der Waals surface area contributed by atoms with Crippen LogP contribution in [0.4, 0.5) is 0 Å². The van der Waals surface area contributed by atoms with Crippen molar-refractivity contribution in [1.29, 1.82) is 0 Å². The lowest BCUT2D eigenvalue weighted by molar-refractivity contribution is -0.870. The quantitative estimate of drug-likeness (QED) is 0.204. The van der Waals surface area contributed by atoms with Gasteiger partial charge in [-0.25, -0.2) is 4.79 Å². The van der Waals surface area contributed by atoms with Crippen molar-refractivity contribution in [2.45, 2.75) is 25.2 Å². The van der Waals surface area contributed by atoms with Crippen molar-refractivity contribution >= 4 is 17.9 Å². The second-order valence-corrected chi connectivity index (χ2v) is 8.12. The van der Waals surface area contributed by atoms with Crippen LogP contribution in [0.1, 0.15) is 6.92 Å². The Kier molecular flexibility index (Phi) is 16.6. The molecular weight excluding hydrogens is 392 g/mol. The number of ether oxygens (including phenoxy) is 1. The van der Waals surface area contributed by atoms with Crippen molar-refractivity contribution in [2.24, 2.45) is 0 Å². The van der Waals surface area contributed by atoms with Crippen LogP contribution in [-0.2, 0) is 19.1 Å². The molecule has 0 aliphatic carbocycles. The minimum Gasteiger partial charge on any atom is -0.547 e. The average molecular weight is 428 g/mol. The third kappa shape index (κ3) is 24.1. The van der Waals surface area contributed by atoms with Crippen LogP contribution in [0.25, 0.3) is 0 Å². The Morgan fingerprint density at radius 3 is 1.34 bits per heavy atom. The fourth-order valence-corrected chi connectivity index (χ4v) is 1.10. The van der Waals surface area contributed by atoms with Crippen LogP contribution in [-0.4, -0.2) is 134 Å². The smallest absolute Gasteiger partial charge is 0.334 e. The zero-order valence-corrected chi connectivity index (χ0v) is 18.2. The highest BCUT2D eigenvalue weighted by Crippen LogP contribution is 1.92. The number of esters is 1. The van der Waals surface area contributed by atoms with Gasteiger partial charge in [-0.15, -0.1) is 0 Å². The van der Waals surface area contributed by atoms with Gasteiger partial charge in [-0.2, -0.15) is 0 Å². The van der Waals surface area contributed by atoms with Gasteiger partial charge in [0.25, 0.3) is 0 Å². The van der Waals surface area contributed by atoms with Gasteiger partial charge in [0.1, 0.15) is 38.0 Å². The first kappa shape index (κ1) is 31.9. The summed E-state index contributed by atoms with van der Waals surface area (Å²) < 4.78 is 6.36. The average Bonchev–Trinajstić information content (AvgIpc) is 2.51. The molecule has 174 valence electrons. The van der Waals surface area contributed by atoms with Crippen molar-refractivity contribution < 1.29 is 58.7 Å². The third-order valence-electron chi connectivity index (χ3n) is 2.90. The minimum atomic E-state index is -2.44. The number of hydrogen-bond donors (Lipinski definition) is 4. The summed E-state index contributed by atoms with van der Waals surface area (Å²) in [4.78, 5) is 30.0. The highest BCUT2D eigenvalue weighted by Gasteiger charge is 2.17. The minimum absolute atomic E-state index is 0.281. The molecule has 0 heterocycles. The van der Waals surface area contributed by atoms with Gasteiger partial charge >= 0.3 is 5.97 Å². The molecule has 0 rings (SSSR count). The third-order valence-corrected chi connectivity index (χ3v) is 2.90. The summed E-state index contributed by atoms with van der Waals surface area (Å²) >= 11 is 0. The topological polar surface area (TPSA) is 187 Å². The molecule has 0 aromatic carbocycles. The fourth-order valence-electron chi connectivity index (χ4n) is 1.10. The SMILES string of the molecule is CC(O)C(=O)OCC[N+](C)(C)C.C[N+](C)(C)CCO.O=C([O-])C(O)C(O)C(=O)[O-]. The second kappa shape index (κ2) is 15.1. The molecule has 0 saturated carbocycles. The van der Waals surface area contributed by atoms with Crippen LogP contribution < -0.4 is 10.2 Å². The number of hydrogen-bond acceptors (Lipinski definition) is 10. The van der Waals surface area contributed by atoms with Crippen LogP contribution >= 0.6 is 0 Å². The number of aliphatic hydroxyl groups is 4. The lowest BCUT2D eigenvalue weighted by Crippen LogP contribution is -2.51. The van der Waals surface area contributed by atoms with Gasteiger partial charge in [-0.1, -0.05) is 0 Å². The number of carboxylic acids is 2. The molecule has 0 spiro atoms. The zero-order valence-electron chi connectivity index (χ0n) is 18.2.